The van der Waals surface area contributed by atoms with E-state index in [0.29, 0.717) is 0 Å². The van der Waals surface area contributed by atoms with E-state index in [4.69, 9.17) is 0 Å². The van der Waals surface area contributed by atoms with Gasteiger partial charge in [0.25, 0.3) is 0 Å². The molecule has 84 valence electrons. The summed E-state index contributed by atoms with van der Waals surface area (Å²) in [5.41, 5.74) is 2.85. The van der Waals surface area contributed by atoms with Gasteiger partial charge in [0.15, 0.2) is 0 Å². The molecule has 0 atom stereocenters. The summed E-state index contributed by atoms with van der Waals surface area (Å²) >= 11 is -2.02. The molecule has 0 N–H and O–H groups in total. The quantitative estimate of drug-likeness (QED) is 0.699. The van der Waals surface area contributed by atoms with Gasteiger partial charge in [-0.1, -0.05) is 0 Å². The van der Waals surface area contributed by atoms with Crippen LogP contribution in [0.5, 0.6) is 0 Å². The van der Waals surface area contributed by atoms with Gasteiger partial charge in [0.2, 0.25) is 0 Å². The van der Waals surface area contributed by atoms with Crippen molar-refractivity contribution in [3.8, 4) is 0 Å². The molecule has 2 aromatic rings. The van der Waals surface area contributed by atoms with Gasteiger partial charge in [-0.3, -0.25) is 0 Å². The zero-order chi connectivity index (χ0) is 11.9. The van der Waals surface area contributed by atoms with E-state index in [9.17, 15) is 0 Å². The van der Waals surface area contributed by atoms with Crippen LogP contribution in [-0.2, 0) is 0 Å². The van der Waals surface area contributed by atoms with Crippen molar-refractivity contribution in [3.05, 3.63) is 65.7 Å². The van der Waals surface area contributed by atoms with Gasteiger partial charge < -0.3 is 0 Å². The van der Waals surface area contributed by atoms with Crippen molar-refractivity contribution < 1.29 is 0 Å². The molecule has 3 rings (SSSR count). The first-order valence-corrected chi connectivity index (χ1v) is 12.4. The fraction of sp³-hybridized carbons (Fsp3) is 0.125. The van der Waals surface area contributed by atoms with Crippen LogP contribution < -0.4 is 4.40 Å². The minimum absolute atomic E-state index is 1.41. The Balaban J connectivity index is 2.17. The molecule has 1 heteroatoms. The molecule has 1 aliphatic rings. The van der Waals surface area contributed by atoms with Crippen LogP contribution in [0.4, 0.5) is 0 Å². The van der Waals surface area contributed by atoms with Crippen molar-refractivity contribution >= 4 is 28.1 Å². The van der Waals surface area contributed by atoms with Crippen molar-refractivity contribution in [3.63, 3.8) is 0 Å². The molecule has 0 aliphatic carbocycles. The predicted molar refractivity (Wildman–Crippen MR) is 77.9 cm³/mol. The van der Waals surface area contributed by atoms with E-state index in [2.05, 4.69) is 72.2 Å². The molecule has 0 aromatic heterocycles. The van der Waals surface area contributed by atoms with Gasteiger partial charge >= 0.3 is 105 Å². The van der Waals surface area contributed by atoms with Gasteiger partial charge in [-0.15, -0.1) is 0 Å². The summed E-state index contributed by atoms with van der Waals surface area (Å²) < 4.78 is 3.22. The summed E-state index contributed by atoms with van der Waals surface area (Å²) in [6, 6.07) is 19.7. The Labute approximate surface area is 105 Å². The second kappa shape index (κ2) is 3.88. The van der Waals surface area contributed by atoms with Crippen molar-refractivity contribution in [1.82, 2.24) is 0 Å². The van der Waals surface area contributed by atoms with Gasteiger partial charge in [0.1, 0.15) is 0 Å². The summed E-state index contributed by atoms with van der Waals surface area (Å²) in [5, 5.41) is 0. The first-order valence-electron chi connectivity index (χ1n) is 6.07. The minimum atomic E-state index is -2.02. The van der Waals surface area contributed by atoms with Gasteiger partial charge in [-0.05, 0) is 0 Å². The molecule has 0 radical (unpaired) electrons. The zero-order valence-electron chi connectivity index (χ0n) is 10.3. The molecule has 0 bridgehead atoms. The molecule has 17 heavy (non-hydrogen) atoms. The van der Waals surface area contributed by atoms with Crippen molar-refractivity contribution in [2.75, 3.05) is 0 Å². The van der Waals surface area contributed by atoms with Crippen molar-refractivity contribution in [2.45, 2.75) is 11.5 Å². The van der Waals surface area contributed by atoms with Crippen LogP contribution in [0.2, 0.25) is 11.5 Å². The Morgan fingerprint density at radius 3 is 2.12 bits per heavy atom. The van der Waals surface area contributed by atoms with Gasteiger partial charge in [0, 0.05) is 0 Å². The maximum atomic E-state index is 2.49. The second-order valence-corrected chi connectivity index (χ2v) is 14.2. The summed E-state index contributed by atoms with van der Waals surface area (Å²) in [7, 11) is 0. The number of hydrogen-bond acceptors (Lipinski definition) is 0. The molecular formula is C16H16Ge. The molecule has 0 fully saturated rings. The molecule has 2 aromatic carbocycles. The molecule has 0 spiro atoms. The SMILES string of the molecule is [CH3][Ge]1([CH3])[C](c2ccccc2)=Cc2cccc[c]21. The third-order valence-electron chi connectivity index (χ3n) is 3.69. The first kappa shape index (κ1) is 10.9. The molecular weight excluding hydrogens is 265 g/mol. The molecule has 0 saturated carbocycles. The summed E-state index contributed by atoms with van der Waals surface area (Å²) in [5.74, 6) is 4.98. The van der Waals surface area contributed by atoms with Crippen LogP contribution in [-0.4, -0.2) is 13.3 Å². The van der Waals surface area contributed by atoms with E-state index in [1.54, 1.807) is 8.80 Å². The molecule has 1 aliphatic heterocycles. The van der Waals surface area contributed by atoms with E-state index < -0.39 is 13.3 Å². The topological polar surface area (TPSA) is 0 Å². The number of rotatable bonds is 1. The fourth-order valence-electron chi connectivity index (χ4n) is 2.73. The molecule has 1 heterocycles. The summed E-state index contributed by atoms with van der Waals surface area (Å²) in [4.78, 5) is 0. The average molecular weight is 281 g/mol. The second-order valence-electron chi connectivity index (χ2n) is 5.14. The first-order chi connectivity index (χ1) is 8.19. The third-order valence-corrected chi connectivity index (χ3v) is 11.2. The Morgan fingerprint density at radius 1 is 0.765 bits per heavy atom. The molecule has 0 nitrogen and oxygen atoms in total. The van der Waals surface area contributed by atoms with Gasteiger partial charge in [-0.2, -0.15) is 0 Å². The normalized spacial score (nSPS) is 16.5. The van der Waals surface area contributed by atoms with E-state index in [1.165, 1.54) is 11.1 Å². The van der Waals surface area contributed by atoms with Gasteiger partial charge in [-0.25, -0.2) is 0 Å². The molecule has 0 amide bonds. The summed E-state index contributed by atoms with van der Waals surface area (Å²) in [6.07, 6.45) is 2.41. The zero-order valence-corrected chi connectivity index (χ0v) is 12.4. The Morgan fingerprint density at radius 2 is 1.41 bits per heavy atom. The molecule has 0 saturated heterocycles. The Kier molecular flexibility index (Phi) is 2.48. The van der Waals surface area contributed by atoms with Crippen LogP contribution in [0, 0.1) is 0 Å². The predicted octanol–water partition coefficient (Wildman–Crippen LogP) is 3.70. The number of benzene rings is 2. The number of hydrogen-bond donors (Lipinski definition) is 0. The van der Waals surface area contributed by atoms with E-state index >= 15 is 0 Å². The van der Waals surface area contributed by atoms with E-state index in [-0.39, 0.29) is 0 Å². The maximum absolute atomic E-state index is 2.49. The monoisotopic (exact) mass is 282 g/mol. The van der Waals surface area contributed by atoms with Crippen LogP contribution >= 0.6 is 0 Å². The Bertz CT molecular complexity index is 579. The molecule has 0 unspecified atom stereocenters. The third kappa shape index (κ3) is 1.67. The Hall–Kier alpha value is -1.28. The standard InChI is InChI=1S/C16H16Ge/c1-17(2)15-11-7-6-10-14(15)12-16(17)13-8-4-3-5-9-13/h3-12H,1-2H3. The average Bonchev–Trinajstić information content (AvgIpc) is 2.63. The summed E-state index contributed by atoms with van der Waals surface area (Å²) in [6.45, 7) is 0. The van der Waals surface area contributed by atoms with Crippen LogP contribution in [0.25, 0.3) is 10.5 Å². The number of fused-ring (bicyclic) bond motifs is 1. The van der Waals surface area contributed by atoms with Crippen molar-refractivity contribution in [2.24, 2.45) is 0 Å². The van der Waals surface area contributed by atoms with Crippen LogP contribution in [0.15, 0.2) is 54.6 Å². The van der Waals surface area contributed by atoms with Crippen molar-refractivity contribution in [1.29, 1.82) is 0 Å². The van der Waals surface area contributed by atoms with Crippen LogP contribution in [0.1, 0.15) is 11.1 Å². The van der Waals surface area contributed by atoms with E-state index in [0.717, 1.165) is 0 Å². The van der Waals surface area contributed by atoms with E-state index in [1.807, 2.05) is 0 Å². The van der Waals surface area contributed by atoms with Crippen LogP contribution in [0.3, 0.4) is 0 Å². The van der Waals surface area contributed by atoms with Gasteiger partial charge in [0.05, 0.1) is 0 Å². The fourth-order valence-corrected chi connectivity index (χ4v) is 9.21.